The summed E-state index contributed by atoms with van der Waals surface area (Å²) in [6.45, 7) is 0. The van der Waals surface area contributed by atoms with Crippen molar-refractivity contribution < 1.29 is 27.6 Å². The zero-order valence-corrected chi connectivity index (χ0v) is 17.2. The quantitative estimate of drug-likeness (QED) is 0.202. The molecule has 0 atom stereocenters. The van der Waals surface area contributed by atoms with Gasteiger partial charge >= 0.3 is 12.1 Å². The summed E-state index contributed by atoms with van der Waals surface area (Å²) in [5.41, 5.74) is 7.59. The minimum Gasteiger partial charge on any atom is -0.367 e. The van der Waals surface area contributed by atoms with Crippen LogP contribution in [0.4, 0.5) is 13.2 Å². The molecule has 0 aliphatic carbocycles. The number of nitrogens with one attached hydrogen (secondary N) is 1. The SMILES string of the molecule is NC(=NOC(=O)C(F)(F)F)NC(=O)c1cn(-c2ccnc3cc(Cl)ccc23)c2ccccc12. The molecule has 0 unspecified atom stereocenters. The lowest BCUT2D eigenvalue weighted by molar-refractivity contribution is -0.199. The monoisotopic (exact) mass is 475 g/mol. The fourth-order valence-corrected chi connectivity index (χ4v) is 3.39. The fraction of sp³-hybridized carbons (Fsp3) is 0.0476. The molecule has 33 heavy (non-hydrogen) atoms. The van der Waals surface area contributed by atoms with Gasteiger partial charge < -0.3 is 15.1 Å². The van der Waals surface area contributed by atoms with Crippen molar-refractivity contribution in [2.45, 2.75) is 6.18 Å². The van der Waals surface area contributed by atoms with Crippen LogP contribution in [0.25, 0.3) is 27.5 Å². The number of nitrogens with two attached hydrogens (primary N) is 1. The van der Waals surface area contributed by atoms with Gasteiger partial charge in [0.15, 0.2) is 0 Å². The molecule has 168 valence electrons. The average Bonchev–Trinajstić information content (AvgIpc) is 3.16. The highest BCUT2D eigenvalue weighted by molar-refractivity contribution is 6.31. The molecule has 8 nitrogen and oxygen atoms in total. The number of carbonyl (C=O) groups excluding carboxylic acids is 2. The highest BCUT2D eigenvalue weighted by Crippen LogP contribution is 2.29. The normalized spacial score (nSPS) is 12.2. The average molecular weight is 476 g/mol. The first-order chi connectivity index (χ1) is 15.6. The van der Waals surface area contributed by atoms with Crippen LogP contribution in [0.2, 0.25) is 5.02 Å². The first-order valence-corrected chi connectivity index (χ1v) is 9.60. The second-order valence-electron chi connectivity index (χ2n) is 6.73. The maximum absolute atomic E-state index is 12.8. The lowest BCUT2D eigenvalue weighted by atomic mass is 10.1. The van der Waals surface area contributed by atoms with Gasteiger partial charge in [0.05, 0.1) is 22.3 Å². The molecule has 0 aliphatic heterocycles. The molecule has 3 N–H and O–H groups in total. The number of nitrogens with zero attached hydrogens (tertiary/aromatic N) is 3. The number of hydrogen-bond acceptors (Lipinski definition) is 5. The number of aromatic nitrogens is 2. The number of carbonyl (C=O) groups is 2. The smallest absolute Gasteiger partial charge is 0.367 e. The lowest BCUT2D eigenvalue weighted by Crippen LogP contribution is -2.37. The number of halogens is 4. The summed E-state index contributed by atoms with van der Waals surface area (Å²) in [5, 5.41) is 6.75. The van der Waals surface area contributed by atoms with Crippen LogP contribution in [0, 0.1) is 0 Å². The number of guanidine groups is 1. The molecule has 2 aromatic heterocycles. The van der Waals surface area contributed by atoms with Crippen molar-refractivity contribution >= 4 is 51.2 Å². The molecule has 0 saturated heterocycles. The largest absolute Gasteiger partial charge is 0.493 e. The van der Waals surface area contributed by atoms with Crippen molar-refractivity contribution in [3.8, 4) is 5.69 Å². The van der Waals surface area contributed by atoms with Crippen LogP contribution < -0.4 is 11.1 Å². The van der Waals surface area contributed by atoms with Gasteiger partial charge in [-0.3, -0.25) is 15.1 Å². The molecule has 0 fully saturated rings. The number of oxime groups is 1. The van der Waals surface area contributed by atoms with Gasteiger partial charge in [-0.15, -0.1) is 0 Å². The van der Waals surface area contributed by atoms with Gasteiger partial charge in [0, 0.05) is 28.2 Å². The van der Waals surface area contributed by atoms with Gasteiger partial charge in [-0.1, -0.05) is 29.8 Å². The molecular formula is C21H13ClF3N5O3. The van der Waals surface area contributed by atoms with Crippen LogP contribution in [-0.2, 0) is 9.63 Å². The molecule has 2 heterocycles. The second kappa shape index (κ2) is 8.43. The van der Waals surface area contributed by atoms with Gasteiger partial charge in [-0.05, 0) is 35.5 Å². The first kappa shape index (κ1) is 22.1. The van der Waals surface area contributed by atoms with E-state index < -0.39 is 24.0 Å². The Morgan fingerprint density at radius 2 is 1.88 bits per heavy atom. The molecule has 4 rings (SSSR count). The molecule has 12 heteroatoms. The maximum atomic E-state index is 12.8. The lowest BCUT2D eigenvalue weighted by Gasteiger charge is -2.09. The summed E-state index contributed by atoms with van der Waals surface area (Å²) >= 11 is 6.06. The Kier molecular flexibility index (Phi) is 5.64. The van der Waals surface area contributed by atoms with Gasteiger partial charge in [-0.2, -0.15) is 13.2 Å². The molecule has 2 aromatic carbocycles. The van der Waals surface area contributed by atoms with E-state index in [-0.39, 0.29) is 5.56 Å². The van der Waals surface area contributed by atoms with Crippen LogP contribution in [0.1, 0.15) is 10.4 Å². The van der Waals surface area contributed by atoms with E-state index >= 15 is 0 Å². The van der Waals surface area contributed by atoms with E-state index in [9.17, 15) is 22.8 Å². The van der Waals surface area contributed by atoms with E-state index in [4.69, 9.17) is 17.3 Å². The first-order valence-electron chi connectivity index (χ1n) is 9.23. The molecule has 4 aromatic rings. The molecule has 1 amide bonds. The van der Waals surface area contributed by atoms with Crippen LogP contribution in [0.15, 0.2) is 66.1 Å². The number of para-hydroxylation sites is 1. The van der Waals surface area contributed by atoms with Crippen LogP contribution in [-0.4, -0.2) is 33.6 Å². The fourth-order valence-electron chi connectivity index (χ4n) is 3.22. The van der Waals surface area contributed by atoms with E-state index in [1.807, 2.05) is 0 Å². The van der Waals surface area contributed by atoms with Crippen molar-refractivity contribution in [3.63, 3.8) is 0 Å². The van der Waals surface area contributed by atoms with Crippen LogP contribution in [0.3, 0.4) is 0 Å². The molecular weight excluding hydrogens is 463 g/mol. The molecule has 0 spiro atoms. The van der Waals surface area contributed by atoms with E-state index in [0.717, 1.165) is 5.39 Å². The Bertz CT molecular complexity index is 1430. The van der Waals surface area contributed by atoms with Gasteiger partial charge in [0.25, 0.3) is 5.91 Å². The minimum atomic E-state index is -5.25. The predicted molar refractivity (Wildman–Crippen MR) is 115 cm³/mol. The van der Waals surface area contributed by atoms with E-state index in [1.165, 1.54) is 0 Å². The van der Waals surface area contributed by atoms with E-state index in [1.54, 1.807) is 65.5 Å². The number of fused-ring (bicyclic) bond motifs is 2. The van der Waals surface area contributed by atoms with E-state index in [2.05, 4.69) is 20.3 Å². The third kappa shape index (κ3) is 4.44. The summed E-state index contributed by atoms with van der Waals surface area (Å²) in [6, 6.07) is 14.0. The van der Waals surface area contributed by atoms with Crippen molar-refractivity contribution in [1.82, 2.24) is 14.9 Å². The Morgan fingerprint density at radius 1 is 1.12 bits per heavy atom. The van der Waals surface area contributed by atoms with Crippen LogP contribution >= 0.6 is 11.6 Å². The second-order valence-corrected chi connectivity index (χ2v) is 7.17. The third-order valence-electron chi connectivity index (χ3n) is 4.60. The highest BCUT2D eigenvalue weighted by Gasteiger charge is 2.41. The maximum Gasteiger partial charge on any atom is 0.493 e. The summed E-state index contributed by atoms with van der Waals surface area (Å²) in [4.78, 5) is 31.5. The van der Waals surface area contributed by atoms with Gasteiger partial charge in [0.1, 0.15) is 0 Å². The summed E-state index contributed by atoms with van der Waals surface area (Å²) in [6.07, 6.45) is -2.11. The van der Waals surface area contributed by atoms with Crippen molar-refractivity contribution in [1.29, 1.82) is 0 Å². The standard InChI is InChI=1S/C21H13ClF3N5O3/c22-11-5-6-13-15(9-11)27-8-7-17(13)30-10-14(12-3-1-2-4-16(12)30)18(31)28-20(26)29-33-19(32)21(23,24)25/h1-10H,(H3,26,28,29,31). The number of rotatable bonds is 3. The molecule has 0 bridgehead atoms. The third-order valence-corrected chi connectivity index (χ3v) is 4.83. The summed E-state index contributed by atoms with van der Waals surface area (Å²) in [5.74, 6) is -4.16. The zero-order chi connectivity index (χ0) is 23.8. The Labute approximate surface area is 188 Å². The number of alkyl halides is 3. The Morgan fingerprint density at radius 3 is 2.64 bits per heavy atom. The topological polar surface area (TPSA) is 112 Å². The number of benzene rings is 2. The Balaban J connectivity index is 1.72. The van der Waals surface area contributed by atoms with Crippen molar-refractivity contribution in [2.24, 2.45) is 10.9 Å². The van der Waals surface area contributed by atoms with Gasteiger partial charge in [0.2, 0.25) is 5.96 Å². The molecule has 0 radical (unpaired) electrons. The predicted octanol–water partition coefficient (Wildman–Crippen LogP) is 3.90. The number of pyridine rings is 1. The highest BCUT2D eigenvalue weighted by atomic mass is 35.5. The number of hydrogen-bond donors (Lipinski definition) is 2. The van der Waals surface area contributed by atoms with Crippen molar-refractivity contribution in [3.05, 3.63) is 71.5 Å². The summed E-state index contributed by atoms with van der Waals surface area (Å²) in [7, 11) is 0. The van der Waals surface area contributed by atoms with Crippen LogP contribution in [0.5, 0.6) is 0 Å². The number of amides is 1. The molecule has 0 saturated carbocycles. The van der Waals surface area contributed by atoms with E-state index in [0.29, 0.717) is 27.1 Å². The molecule has 0 aliphatic rings. The minimum absolute atomic E-state index is 0.157. The zero-order valence-electron chi connectivity index (χ0n) is 16.4. The Hall–Kier alpha value is -4.12. The van der Waals surface area contributed by atoms with Crippen molar-refractivity contribution in [2.75, 3.05) is 0 Å². The van der Waals surface area contributed by atoms with Gasteiger partial charge in [-0.25, -0.2) is 4.79 Å². The summed E-state index contributed by atoms with van der Waals surface area (Å²) < 4.78 is 38.4.